The maximum Gasteiger partial charge on any atom is 0.175 e. The number of benzene rings is 1. The fraction of sp³-hybridized carbons (Fsp3) is 0.600. The van der Waals surface area contributed by atoms with Crippen LogP contribution >= 0.6 is 0 Å². The Morgan fingerprint density at radius 3 is 2.60 bits per heavy atom. The van der Waals surface area contributed by atoms with Crippen LogP contribution in [0.4, 0.5) is 5.69 Å². The SMILES string of the molecule is CCCNCC1CCCN1c1ccc(S(C)(=O)=O)cc1. The third-order valence-corrected chi connectivity index (χ3v) is 4.91. The Bertz CT molecular complexity index is 525. The molecular formula is C15H24N2O2S. The van der Waals surface area contributed by atoms with Crippen LogP contribution in [-0.4, -0.2) is 40.3 Å². The van der Waals surface area contributed by atoms with Crippen LogP contribution in [0.3, 0.4) is 0 Å². The first-order valence-electron chi connectivity index (χ1n) is 7.30. The molecule has 4 nitrogen and oxygen atoms in total. The number of sulfone groups is 1. The zero-order valence-corrected chi connectivity index (χ0v) is 13.1. The standard InChI is InChI=1S/C15H24N2O2S/c1-3-10-16-12-14-5-4-11-17(14)13-6-8-15(9-7-13)20(2,18)19/h6-9,14,16H,3-5,10-12H2,1-2H3. The molecule has 0 amide bonds. The van der Waals surface area contributed by atoms with E-state index >= 15 is 0 Å². The van der Waals surface area contributed by atoms with E-state index in [9.17, 15) is 8.42 Å². The van der Waals surface area contributed by atoms with Crippen LogP contribution in [0, 0.1) is 0 Å². The maximum absolute atomic E-state index is 11.5. The molecule has 1 fully saturated rings. The van der Waals surface area contributed by atoms with Gasteiger partial charge in [-0.15, -0.1) is 0 Å². The van der Waals surface area contributed by atoms with Gasteiger partial charge in [0.05, 0.1) is 4.90 Å². The van der Waals surface area contributed by atoms with Gasteiger partial charge >= 0.3 is 0 Å². The van der Waals surface area contributed by atoms with E-state index in [1.165, 1.54) is 19.1 Å². The first-order valence-corrected chi connectivity index (χ1v) is 9.19. The molecule has 0 saturated carbocycles. The molecule has 1 unspecified atom stereocenters. The Kier molecular flexibility index (Phi) is 5.05. The number of nitrogens with zero attached hydrogens (tertiary/aromatic N) is 1. The number of anilines is 1. The topological polar surface area (TPSA) is 49.4 Å². The number of nitrogens with one attached hydrogen (secondary N) is 1. The highest BCUT2D eigenvalue weighted by molar-refractivity contribution is 7.90. The molecule has 1 aliphatic heterocycles. The van der Waals surface area contributed by atoms with Gasteiger partial charge in [0.2, 0.25) is 0 Å². The van der Waals surface area contributed by atoms with E-state index in [0.29, 0.717) is 10.9 Å². The minimum atomic E-state index is -3.11. The lowest BCUT2D eigenvalue weighted by molar-refractivity contribution is 0.571. The van der Waals surface area contributed by atoms with Crippen molar-refractivity contribution in [3.63, 3.8) is 0 Å². The Hall–Kier alpha value is -1.07. The predicted octanol–water partition coefficient (Wildman–Crippen LogP) is 2.06. The van der Waals surface area contributed by atoms with Crippen LogP contribution in [0.2, 0.25) is 0 Å². The number of hydrogen-bond donors (Lipinski definition) is 1. The van der Waals surface area contributed by atoms with Crippen molar-refractivity contribution in [2.24, 2.45) is 0 Å². The lowest BCUT2D eigenvalue weighted by Crippen LogP contribution is -2.38. The molecule has 0 aromatic heterocycles. The van der Waals surface area contributed by atoms with E-state index in [-0.39, 0.29) is 0 Å². The molecule has 2 rings (SSSR count). The van der Waals surface area contributed by atoms with Crippen molar-refractivity contribution in [2.45, 2.75) is 37.1 Å². The van der Waals surface area contributed by atoms with Gasteiger partial charge in [0.15, 0.2) is 9.84 Å². The van der Waals surface area contributed by atoms with E-state index in [1.807, 2.05) is 12.1 Å². The molecule has 0 aliphatic carbocycles. The molecule has 0 bridgehead atoms. The fourth-order valence-electron chi connectivity index (χ4n) is 2.72. The zero-order chi connectivity index (χ0) is 14.6. The molecule has 0 spiro atoms. The second-order valence-electron chi connectivity index (χ2n) is 5.46. The summed E-state index contributed by atoms with van der Waals surface area (Å²) in [6, 6.07) is 7.79. The van der Waals surface area contributed by atoms with Crippen molar-refractivity contribution in [1.82, 2.24) is 5.32 Å². The molecule has 1 aromatic carbocycles. The van der Waals surface area contributed by atoms with E-state index in [0.717, 1.165) is 31.7 Å². The minimum absolute atomic E-state index is 0.390. The normalized spacial score (nSPS) is 19.5. The fourth-order valence-corrected chi connectivity index (χ4v) is 3.35. The molecule has 1 saturated heterocycles. The third-order valence-electron chi connectivity index (χ3n) is 3.78. The van der Waals surface area contributed by atoms with Gasteiger partial charge in [-0.3, -0.25) is 0 Å². The van der Waals surface area contributed by atoms with E-state index in [2.05, 4.69) is 17.1 Å². The lowest BCUT2D eigenvalue weighted by atomic mass is 10.2. The predicted molar refractivity (Wildman–Crippen MR) is 83.1 cm³/mol. The van der Waals surface area contributed by atoms with Gasteiger partial charge in [-0.2, -0.15) is 0 Å². The molecule has 1 heterocycles. The Morgan fingerprint density at radius 2 is 2.00 bits per heavy atom. The molecule has 1 aliphatic rings. The Morgan fingerprint density at radius 1 is 1.30 bits per heavy atom. The summed E-state index contributed by atoms with van der Waals surface area (Å²) in [5, 5.41) is 3.47. The van der Waals surface area contributed by atoms with Gasteiger partial charge < -0.3 is 10.2 Å². The second kappa shape index (κ2) is 6.59. The summed E-state index contributed by atoms with van der Waals surface area (Å²) in [5.41, 5.74) is 1.12. The van der Waals surface area contributed by atoms with E-state index in [1.54, 1.807) is 12.1 Å². The maximum atomic E-state index is 11.5. The molecule has 20 heavy (non-hydrogen) atoms. The lowest BCUT2D eigenvalue weighted by Gasteiger charge is -2.27. The van der Waals surface area contributed by atoms with Crippen LogP contribution in [0.25, 0.3) is 0 Å². The van der Waals surface area contributed by atoms with Crippen LogP contribution in [0.15, 0.2) is 29.2 Å². The van der Waals surface area contributed by atoms with Gasteiger partial charge in [0, 0.05) is 31.1 Å². The highest BCUT2D eigenvalue weighted by atomic mass is 32.2. The molecule has 0 radical (unpaired) electrons. The highest BCUT2D eigenvalue weighted by Crippen LogP contribution is 2.26. The zero-order valence-electron chi connectivity index (χ0n) is 12.3. The van der Waals surface area contributed by atoms with Crippen molar-refractivity contribution < 1.29 is 8.42 Å². The number of rotatable bonds is 6. The summed E-state index contributed by atoms with van der Waals surface area (Å²) >= 11 is 0. The van der Waals surface area contributed by atoms with E-state index in [4.69, 9.17) is 0 Å². The summed E-state index contributed by atoms with van der Waals surface area (Å²) in [7, 11) is -3.11. The molecule has 112 valence electrons. The van der Waals surface area contributed by atoms with Crippen LogP contribution in [0.5, 0.6) is 0 Å². The number of hydrogen-bond acceptors (Lipinski definition) is 4. The van der Waals surface area contributed by atoms with Crippen LogP contribution in [-0.2, 0) is 9.84 Å². The van der Waals surface area contributed by atoms with Gasteiger partial charge in [-0.1, -0.05) is 6.92 Å². The van der Waals surface area contributed by atoms with Gasteiger partial charge in [0.1, 0.15) is 0 Å². The van der Waals surface area contributed by atoms with Gasteiger partial charge in [-0.25, -0.2) is 8.42 Å². The molecule has 1 atom stereocenters. The van der Waals surface area contributed by atoms with Crippen LogP contribution < -0.4 is 10.2 Å². The largest absolute Gasteiger partial charge is 0.367 e. The summed E-state index contributed by atoms with van der Waals surface area (Å²) in [5.74, 6) is 0. The molecule has 1 aromatic rings. The quantitative estimate of drug-likeness (QED) is 0.816. The average molecular weight is 296 g/mol. The van der Waals surface area contributed by atoms with Gasteiger partial charge in [-0.05, 0) is 50.1 Å². The summed E-state index contributed by atoms with van der Waals surface area (Å²) in [6.45, 7) is 5.28. The third kappa shape index (κ3) is 3.73. The van der Waals surface area contributed by atoms with E-state index < -0.39 is 9.84 Å². The average Bonchev–Trinajstić information content (AvgIpc) is 2.87. The molecule has 1 N–H and O–H groups in total. The van der Waals surface area contributed by atoms with Crippen molar-refractivity contribution in [1.29, 1.82) is 0 Å². The molecule has 5 heteroatoms. The Labute approximate surface area is 122 Å². The smallest absolute Gasteiger partial charge is 0.175 e. The summed E-state index contributed by atoms with van der Waals surface area (Å²) < 4.78 is 23.0. The Balaban J connectivity index is 2.06. The first-order chi connectivity index (χ1) is 9.52. The molecular weight excluding hydrogens is 272 g/mol. The highest BCUT2D eigenvalue weighted by Gasteiger charge is 2.24. The van der Waals surface area contributed by atoms with Gasteiger partial charge in [0.25, 0.3) is 0 Å². The van der Waals surface area contributed by atoms with Crippen molar-refractivity contribution in [3.05, 3.63) is 24.3 Å². The first kappa shape index (κ1) is 15.3. The minimum Gasteiger partial charge on any atom is -0.367 e. The summed E-state index contributed by atoms with van der Waals surface area (Å²) in [6.07, 6.45) is 4.79. The second-order valence-corrected chi connectivity index (χ2v) is 7.48. The van der Waals surface area contributed by atoms with Crippen molar-refractivity contribution >= 4 is 15.5 Å². The monoisotopic (exact) mass is 296 g/mol. The van der Waals surface area contributed by atoms with Crippen molar-refractivity contribution in [3.8, 4) is 0 Å². The summed E-state index contributed by atoms with van der Waals surface area (Å²) in [4.78, 5) is 2.77. The van der Waals surface area contributed by atoms with Crippen LogP contribution in [0.1, 0.15) is 26.2 Å². The van der Waals surface area contributed by atoms with Crippen molar-refractivity contribution in [2.75, 3.05) is 30.8 Å².